The number of hydrogen-bond donors (Lipinski definition) is 2. The molecule has 0 aromatic carbocycles. The van der Waals surface area contributed by atoms with Crippen LogP contribution in [-0.2, 0) is 9.53 Å². The molecule has 1 amide bonds. The second-order valence-electron chi connectivity index (χ2n) is 5.73. The molecule has 0 bridgehead atoms. The molecule has 1 atom stereocenters. The fourth-order valence-electron chi connectivity index (χ4n) is 3.26. The summed E-state index contributed by atoms with van der Waals surface area (Å²) >= 11 is 7.50. The Bertz CT molecular complexity index is 851. The van der Waals surface area contributed by atoms with Crippen LogP contribution in [0.1, 0.15) is 30.1 Å². The molecule has 6 nitrogen and oxygen atoms in total. The summed E-state index contributed by atoms with van der Waals surface area (Å²) < 4.78 is 5.25. The third kappa shape index (κ3) is 2.94. The van der Waals surface area contributed by atoms with Gasteiger partial charge in [-0.3, -0.25) is 9.59 Å². The minimum Gasteiger partial charge on any atom is -0.499 e. The molecule has 2 N–H and O–H groups in total. The van der Waals surface area contributed by atoms with E-state index in [2.05, 4.69) is 0 Å². The van der Waals surface area contributed by atoms with E-state index in [0.717, 1.165) is 11.3 Å². The number of hydrogen-bond acceptors (Lipinski definition) is 5. The molecule has 1 aromatic rings. The number of amides is 1. The van der Waals surface area contributed by atoms with Crippen molar-refractivity contribution in [2.75, 3.05) is 7.11 Å². The van der Waals surface area contributed by atoms with Crippen molar-refractivity contribution in [3.8, 4) is 5.06 Å². The molecular formula is C17H16ClNO5S. The second-order valence-corrected chi connectivity index (χ2v) is 7.00. The number of rotatable bonds is 4. The molecule has 1 aliphatic carbocycles. The van der Waals surface area contributed by atoms with Gasteiger partial charge < -0.3 is 19.8 Å². The van der Waals surface area contributed by atoms with Gasteiger partial charge in [-0.05, 0) is 25.0 Å². The maximum Gasteiger partial charge on any atom is 0.307 e. The van der Waals surface area contributed by atoms with Crippen LogP contribution in [0.2, 0.25) is 0 Å². The molecule has 0 fully saturated rings. The van der Waals surface area contributed by atoms with E-state index < -0.39 is 5.97 Å². The Morgan fingerprint density at radius 3 is 2.76 bits per heavy atom. The van der Waals surface area contributed by atoms with E-state index >= 15 is 0 Å². The van der Waals surface area contributed by atoms with Crippen LogP contribution < -0.4 is 0 Å². The van der Waals surface area contributed by atoms with E-state index in [9.17, 15) is 19.8 Å². The van der Waals surface area contributed by atoms with E-state index in [1.54, 1.807) is 23.3 Å². The lowest BCUT2D eigenvalue weighted by atomic mass is 9.92. The van der Waals surface area contributed by atoms with Crippen LogP contribution in [0.25, 0.3) is 0 Å². The molecular weight excluding hydrogens is 366 g/mol. The highest BCUT2D eigenvalue weighted by atomic mass is 35.5. The maximum atomic E-state index is 12.9. The third-order valence-corrected chi connectivity index (χ3v) is 5.47. The number of carbonyl (C=O) groups is 2. The number of methoxy groups -OCH3 is 1. The number of halogens is 1. The second kappa shape index (κ2) is 6.57. The molecule has 1 aromatic heterocycles. The average Bonchev–Trinajstić information content (AvgIpc) is 3.10. The van der Waals surface area contributed by atoms with Crippen LogP contribution in [0.5, 0.6) is 5.06 Å². The standard InChI is InChI=1S/C17H16ClNO5S/c1-8-10(6-13(20)21)15-11(3-4-12(24-2)16(15)18)19(8)17(23)9-5-14(22)25-7-9/h4-5,7,11,22H,3,6H2,1-2H3,(H,20,21). The van der Waals surface area contributed by atoms with Crippen molar-refractivity contribution in [2.45, 2.75) is 25.8 Å². The lowest BCUT2D eigenvalue weighted by Gasteiger charge is -2.29. The summed E-state index contributed by atoms with van der Waals surface area (Å²) in [5, 5.41) is 20.7. The van der Waals surface area contributed by atoms with Gasteiger partial charge in [0.2, 0.25) is 0 Å². The topological polar surface area (TPSA) is 87.1 Å². The molecule has 3 rings (SSSR count). The predicted molar refractivity (Wildman–Crippen MR) is 93.5 cm³/mol. The van der Waals surface area contributed by atoms with E-state index in [4.69, 9.17) is 16.3 Å². The highest BCUT2D eigenvalue weighted by molar-refractivity contribution is 7.12. The number of carboxylic acids is 1. The molecule has 0 saturated heterocycles. The SMILES string of the molecule is COC1=CCC2C(=C1Cl)C(CC(=O)O)=C(C)N2C(=O)c1csc(O)c1. The first-order valence-corrected chi connectivity index (χ1v) is 8.78. The van der Waals surface area contributed by atoms with Crippen molar-refractivity contribution in [3.63, 3.8) is 0 Å². The first-order valence-electron chi connectivity index (χ1n) is 7.52. The summed E-state index contributed by atoms with van der Waals surface area (Å²) in [6.45, 7) is 1.71. The van der Waals surface area contributed by atoms with Crippen molar-refractivity contribution in [2.24, 2.45) is 0 Å². The zero-order valence-corrected chi connectivity index (χ0v) is 15.1. The Morgan fingerprint density at radius 2 is 2.20 bits per heavy atom. The minimum atomic E-state index is -0.999. The number of carbonyl (C=O) groups excluding carboxylic acids is 1. The summed E-state index contributed by atoms with van der Waals surface area (Å²) in [6, 6.07) is 1.02. The summed E-state index contributed by atoms with van der Waals surface area (Å²) in [4.78, 5) is 25.8. The Kier molecular flexibility index (Phi) is 4.62. The monoisotopic (exact) mass is 381 g/mol. The van der Waals surface area contributed by atoms with E-state index in [1.807, 2.05) is 0 Å². The normalized spacial score (nSPS) is 19.9. The van der Waals surface area contributed by atoms with Crippen LogP contribution >= 0.6 is 22.9 Å². The van der Waals surface area contributed by atoms with Gasteiger partial charge in [0.1, 0.15) is 5.76 Å². The quantitative estimate of drug-likeness (QED) is 0.834. The van der Waals surface area contributed by atoms with E-state index in [0.29, 0.717) is 39.6 Å². The van der Waals surface area contributed by atoms with E-state index in [1.165, 1.54) is 13.2 Å². The molecule has 1 aliphatic heterocycles. The van der Waals surface area contributed by atoms with Crippen LogP contribution in [-0.4, -0.2) is 40.1 Å². The molecule has 132 valence electrons. The highest BCUT2D eigenvalue weighted by Gasteiger charge is 2.42. The summed E-state index contributed by atoms with van der Waals surface area (Å²) in [5.74, 6) is -0.817. The Labute approximate surface area is 153 Å². The molecule has 0 spiro atoms. The van der Waals surface area contributed by atoms with Crippen molar-refractivity contribution < 1.29 is 24.5 Å². The average molecular weight is 382 g/mol. The van der Waals surface area contributed by atoms with Crippen molar-refractivity contribution >= 4 is 34.8 Å². The fraction of sp³-hybridized carbons (Fsp3) is 0.294. The largest absolute Gasteiger partial charge is 0.499 e. The minimum absolute atomic E-state index is 0.0500. The Morgan fingerprint density at radius 1 is 1.48 bits per heavy atom. The van der Waals surface area contributed by atoms with Gasteiger partial charge >= 0.3 is 5.97 Å². The van der Waals surface area contributed by atoms with Crippen molar-refractivity contribution in [3.05, 3.63) is 50.7 Å². The number of thiophene rings is 1. The van der Waals surface area contributed by atoms with Gasteiger partial charge in [0, 0.05) is 22.7 Å². The molecule has 2 heterocycles. The Balaban J connectivity index is 2.09. The number of aliphatic carboxylic acids is 1. The molecule has 0 radical (unpaired) electrons. The molecule has 1 unspecified atom stereocenters. The number of ether oxygens (including phenoxy) is 1. The lowest BCUT2D eigenvalue weighted by molar-refractivity contribution is -0.136. The van der Waals surface area contributed by atoms with Gasteiger partial charge in [-0.15, -0.1) is 11.3 Å². The van der Waals surface area contributed by atoms with Gasteiger partial charge in [0.15, 0.2) is 5.06 Å². The third-order valence-electron chi connectivity index (χ3n) is 4.35. The van der Waals surface area contributed by atoms with Crippen LogP contribution in [0.3, 0.4) is 0 Å². The smallest absolute Gasteiger partial charge is 0.307 e. The number of aromatic hydroxyl groups is 1. The van der Waals surface area contributed by atoms with Crippen LogP contribution in [0.15, 0.2) is 45.2 Å². The summed E-state index contributed by atoms with van der Waals surface area (Å²) in [6.07, 6.45) is 2.03. The molecule has 25 heavy (non-hydrogen) atoms. The molecule has 0 saturated carbocycles. The van der Waals surface area contributed by atoms with Crippen LogP contribution in [0.4, 0.5) is 0 Å². The highest BCUT2D eigenvalue weighted by Crippen LogP contribution is 2.45. The number of carboxylic acid groups (broad SMARTS) is 1. The maximum absolute atomic E-state index is 12.9. The summed E-state index contributed by atoms with van der Waals surface area (Å²) in [7, 11) is 1.49. The number of allylic oxidation sites excluding steroid dienone is 2. The van der Waals surface area contributed by atoms with Crippen molar-refractivity contribution in [1.29, 1.82) is 0 Å². The zero-order chi connectivity index (χ0) is 18.3. The molecule has 8 heteroatoms. The van der Waals surface area contributed by atoms with E-state index in [-0.39, 0.29) is 23.4 Å². The predicted octanol–water partition coefficient (Wildman–Crippen LogP) is 3.45. The fourth-order valence-corrected chi connectivity index (χ4v) is 4.27. The van der Waals surface area contributed by atoms with Gasteiger partial charge in [-0.2, -0.15) is 0 Å². The molecule has 2 aliphatic rings. The van der Waals surface area contributed by atoms with Gasteiger partial charge in [-0.1, -0.05) is 11.6 Å². The van der Waals surface area contributed by atoms with Crippen LogP contribution in [0, 0.1) is 0 Å². The lowest BCUT2D eigenvalue weighted by Crippen LogP contribution is -2.36. The first-order chi connectivity index (χ1) is 11.8. The van der Waals surface area contributed by atoms with Crippen molar-refractivity contribution in [1.82, 2.24) is 4.90 Å². The zero-order valence-electron chi connectivity index (χ0n) is 13.6. The van der Waals surface area contributed by atoms with Gasteiger partial charge in [0.05, 0.1) is 30.2 Å². The van der Waals surface area contributed by atoms with Gasteiger partial charge in [-0.25, -0.2) is 0 Å². The summed E-state index contributed by atoms with van der Waals surface area (Å²) in [5.41, 5.74) is 2.06. The van der Waals surface area contributed by atoms with Gasteiger partial charge in [0.25, 0.3) is 5.91 Å². The first kappa shape index (κ1) is 17.6. The number of nitrogens with zero attached hydrogens (tertiary/aromatic N) is 1. The Hall–Kier alpha value is -2.25. The number of fused-ring (bicyclic) bond motifs is 1.